The van der Waals surface area contributed by atoms with Crippen LogP contribution in [-0.2, 0) is 0 Å². The zero-order valence-electron chi connectivity index (χ0n) is 12.2. The van der Waals surface area contributed by atoms with Gasteiger partial charge in [0.15, 0.2) is 5.82 Å². The minimum atomic E-state index is -0.586. The number of rotatable bonds is 4. The van der Waals surface area contributed by atoms with Gasteiger partial charge < -0.3 is 15.3 Å². The fourth-order valence-electron chi connectivity index (χ4n) is 2.38. The summed E-state index contributed by atoms with van der Waals surface area (Å²) in [5.41, 5.74) is -0.586. The molecule has 0 spiro atoms. The van der Waals surface area contributed by atoms with Crippen LogP contribution in [0.3, 0.4) is 0 Å². The van der Waals surface area contributed by atoms with Crippen molar-refractivity contribution in [3.63, 3.8) is 0 Å². The summed E-state index contributed by atoms with van der Waals surface area (Å²) in [7, 11) is 0. The Morgan fingerprint density at radius 2 is 2.25 bits per heavy atom. The molecular weight excluding hydrogens is 276 g/mol. The summed E-state index contributed by atoms with van der Waals surface area (Å²) in [5, 5.41) is 13.9. The van der Waals surface area contributed by atoms with Gasteiger partial charge in [0.1, 0.15) is 5.02 Å². The minimum Gasteiger partial charge on any atom is -0.390 e. The molecule has 0 saturated carbocycles. The van der Waals surface area contributed by atoms with Gasteiger partial charge in [0.05, 0.1) is 11.8 Å². The average Bonchev–Trinajstić information content (AvgIpc) is 2.59. The van der Waals surface area contributed by atoms with Gasteiger partial charge in [-0.1, -0.05) is 18.5 Å². The van der Waals surface area contributed by atoms with Gasteiger partial charge in [0.25, 0.3) is 0 Å². The van der Waals surface area contributed by atoms with Crippen LogP contribution in [0.4, 0.5) is 11.8 Å². The Labute approximate surface area is 125 Å². The predicted octanol–water partition coefficient (Wildman–Crippen LogP) is 2.69. The Kier molecular flexibility index (Phi) is 5.05. The van der Waals surface area contributed by atoms with E-state index in [0.29, 0.717) is 11.0 Å². The Morgan fingerprint density at radius 1 is 1.45 bits per heavy atom. The molecule has 0 bridgehead atoms. The summed E-state index contributed by atoms with van der Waals surface area (Å²) < 4.78 is 0. The molecular formula is C14H23ClN4O. The zero-order valence-corrected chi connectivity index (χ0v) is 12.9. The number of aromatic nitrogens is 2. The zero-order chi connectivity index (χ0) is 14.6. The van der Waals surface area contributed by atoms with Crippen molar-refractivity contribution in [3.8, 4) is 0 Å². The molecule has 0 amide bonds. The number of nitrogens with zero attached hydrogens (tertiary/aromatic N) is 3. The molecule has 1 atom stereocenters. The molecule has 2 rings (SSSR count). The van der Waals surface area contributed by atoms with Crippen LogP contribution >= 0.6 is 11.6 Å². The first-order chi connectivity index (χ1) is 9.52. The van der Waals surface area contributed by atoms with Crippen molar-refractivity contribution in [2.75, 3.05) is 29.9 Å². The summed E-state index contributed by atoms with van der Waals surface area (Å²) in [6.07, 6.45) is 5.14. The van der Waals surface area contributed by atoms with Gasteiger partial charge in [0.2, 0.25) is 5.95 Å². The van der Waals surface area contributed by atoms with Gasteiger partial charge in [-0.3, -0.25) is 0 Å². The monoisotopic (exact) mass is 298 g/mol. The molecule has 1 unspecified atom stereocenters. The third-order valence-corrected chi connectivity index (χ3v) is 3.89. The largest absolute Gasteiger partial charge is 0.390 e. The van der Waals surface area contributed by atoms with E-state index in [1.807, 2.05) is 6.92 Å². The third kappa shape index (κ3) is 3.96. The van der Waals surface area contributed by atoms with E-state index in [0.717, 1.165) is 51.1 Å². The molecule has 6 heteroatoms. The van der Waals surface area contributed by atoms with Gasteiger partial charge in [-0.2, -0.15) is 4.98 Å². The number of aliphatic hydroxyl groups is 1. The molecule has 20 heavy (non-hydrogen) atoms. The molecule has 1 aliphatic heterocycles. The third-order valence-electron chi connectivity index (χ3n) is 3.62. The Bertz CT molecular complexity index is 453. The van der Waals surface area contributed by atoms with Crippen molar-refractivity contribution < 1.29 is 5.11 Å². The van der Waals surface area contributed by atoms with Crippen molar-refractivity contribution >= 4 is 23.4 Å². The molecule has 5 nitrogen and oxygen atoms in total. The summed E-state index contributed by atoms with van der Waals surface area (Å²) >= 11 is 6.23. The molecule has 0 aromatic carbocycles. The Balaban J connectivity index is 2.14. The highest BCUT2D eigenvalue weighted by atomic mass is 35.5. The highest BCUT2D eigenvalue weighted by Gasteiger charge is 2.26. The van der Waals surface area contributed by atoms with E-state index in [1.54, 1.807) is 6.20 Å². The van der Waals surface area contributed by atoms with Crippen molar-refractivity contribution in [1.82, 2.24) is 9.97 Å². The second-order valence-corrected chi connectivity index (χ2v) is 6.04. The number of hydrogen-bond acceptors (Lipinski definition) is 5. The van der Waals surface area contributed by atoms with Crippen LogP contribution < -0.4 is 10.2 Å². The topological polar surface area (TPSA) is 61.3 Å². The lowest BCUT2D eigenvalue weighted by Gasteiger charge is -2.24. The van der Waals surface area contributed by atoms with E-state index >= 15 is 0 Å². The standard InChI is InChI=1S/C14H23ClN4O/c1-3-7-16-13-17-10-11(15)12(18-13)19-8-4-5-14(2,20)6-9-19/h10,20H,3-9H2,1-2H3,(H,16,17,18). The maximum absolute atomic E-state index is 10.2. The first-order valence-electron chi connectivity index (χ1n) is 7.25. The predicted molar refractivity (Wildman–Crippen MR) is 82.5 cm³/mol. The smallest absolute Gasteiger partial charge is 0.224 e. The van der Waals surface area contributed by atoms with E-state index < -0.39 is 5.60 Å². The lowest BCUT2D eigenvalue weighted by molar-refractivity contribution is 0.0481. The Morgan fingerprint density at radius 3 is 3.00 bits per heavy atom. The lowest BCUT2D eigenvalue weighted by Crippen LogP contribution is -2.29. The lowest BCUT2D eigenvalue weighted by atomic mass is 9.98. The molecule has 1 saturated heterocycles. The van der Waals surface area contributed by atoms with Gasteiger partial charge in [-0.25, -0.2) is 4.98 Å². The Hall–Kier alpha value is -1.07. The molecule has 1 fully saturated rings. The van der Waals surface area contributed by atoms with Crippen LogP contribution in [0.2, 0.25) is 5.02 Å². The molecule has 112 valence electrons. The van der Waals surface area contributed by atoms with Gasteiger partial charge in [0, 0.05) is 19.6 Å². The minimum absolute atomic E-state index is 0.564. The van der Waals surface area contributed by atoms with Crippen LogP contribution in [0.25, 0.3) is 0 Å². The second kappa shape index (κ2) is 6.59. The highest BCUT2D eigenvalue weighted by Crippen LogP contribution is 2.29. The first-order valence-corrected chi connectivity index (χ1v) is 7.63. The number of anilines is 2. The SMILES string of the molecule is CCCNc1ncc(Cl)c(N2CCCC(C)(O)CC2)n1. The van der Waals surface area contributed by atoms with Crippen LogP contribution in [0.5, 0.6) is 0 Å². The highest BCUT2D eigenvalue weighted by molar-refractivity contribution is 6.32. The van der Waals surface area contributed by atoms with Crippen molar-refractivity contribution in [2.45, 2.75) is 45.1 Å². The van der Waals surface area contributed by atoms with Crippen molar-refractivity contribution in [1.29, 1.82) is 0 Å². The van der Waals surface area contributed by atoms with E-state index in [9.17, 15) is 5.11 Å². The average molecular weight is 299 g/mol. The molecule has 1 aromatic rings. The molecule has 0 radical (unpaired) electrons. The number of nitrogens with one attached hydrogen (secondary N) is 1. The number of hydrogen-bond donors (Lipinski definition) is 2. The van der Waals surface area contributed by atoms with E-state index in [-0.39, 0.29) is 0 Å². The molecule has 2 N–H and O–H groups in total. The fourth-order valence-corrected chi connectivity index (χ4v) is 2.59. The first kappa shape index (κ1) is 15.3. The summed E-state index contributed by atoms with van der Waals surface area (Å²) in [6, 6.07) is 0. The van der Waals surface area contributed by atoms with E-state index in [4.69, 9.17) is 11.6 Å². The van der Waals surface area contributed by atoms with E-state index in [1.165, 1.54) is 0 Å². The molecule has 1 aromatic heterocycles. The molecule has 1 aliphatic rings. The van der Waals surface area contributed by atoms with Gasteiger partial charge in [-0.05, 0) is 32.6 Å². The molecule has 2 heterocycles. The van der Waals surface area contributed by atoms with Gasteiger partial charge in [-0.15, -0.1) is 0 Å². The maximum atomic E-state index is 10.2. The van der Waals surface area contributed by atoms with Gasteiger partial charge >= 0.3 is 0 Å². The maximum Gasteiger partial charge on any atom is 0.224 e. The van der Waals surface area contributed by atoms with Crippen LogP contribution in [-0.4, -0.2) is 40.3 Å². The second-order valence-electron chi connectivity index (χ2n) is 5.63. The van der Waals surface area contributed by atoms with Crippen molar-refractivity contribution in [3.05, 3.63) is 11.2 Å². The number of halogens is 1. The summed E-state index contributed by atoms with van der Waals surface area (Å²) in [5.74, 6) is 1.38. The fraction of sp³-hybridized carbons (Fsp3) is 0.714. The van der Waals surface area contributed by atoms with Crippen LogP contribution in [0.1, 0.15) is 39.5 Å². The van der Waals surface area contributed by atoms with Crippen LogP contribution in [0, 0.1) is 0 Å². The summed E-state index contributed by atoms with van der Waals surface area (Å²) in [4.78, 5) is 10.8. The quantitative estimate of drug-likeness (QED) is 0.895. The normalized spacial score (nSPS) is 23.5. The van der Waals surface area contributed by atoms with E-state index in [2.05, 4.69) is 27.1 Å². The van der Waals surface area contributed by atoms with Crippen LogP contribution in [0.15, 0.2) is 6.20 Å². The molecule has 0 aliphatic carbocycles. The summed E-state index contributed by atoms with van der Waals surface area (Å²) in [6.45, 7) is 6.46. The van der Waals surface area contributed by atoms with Crippen molar-refractivity contribution in [2.24, 2.45) is 0 Å².